The molecular formula is C16H21N3O. The summed E-state index contributed by atoms with van der Waals surface area (Å²) in [6, 6.07) is 9.96. The van der Waals surface area contributed by atoms with Crippen molar-refractivity contribution in [2.24, 2.45) is 0 Å². The maximum atomic E-state index is 11.9. The van der Waals surface area contributed by atoms with Gasteiger partial charge in [-0.3, -0.25) is 14.6 Å². The van der Waals surface area contributed by atoms with Gasteiger partial charge >= 0.3 is 0 Å². The third-order valence-electron chi connectivity index (χ3n) is 3.48. The second-order valence-electron chi connectivity index (χ2n) is 5.02. The zero-order chi connectivity index (χ0) is 14.2. The van der Waals surface area contributed by atoms with E-state index in [-0.39, 0.29) is 5.91 Å². The van der Waals surface area contributed by atoms with Gasteiger partial charge in [-0.15, -0.1) is 6.42 Å². The van der Waals surface area contributed by atoms with Crippen molar-refractivity contribution in [2.75, 3.05) is 39.3 Å². The first-order valence-corrected chi connectivity index (χ1v) is 6.97. The van der Waals surface area contributed by atoms with Crippen molar-refractivity contribution in [3.63, 3.8) is 0 Å². The molecule has 0 unspecified atom stereocenters. The summed E-state index contributed by atoms with van der Waals surface area (Å²) >= 11 is 0. The molecular weight excluding hydrogens is 250 g/mol. The van der Waals surface area contributed by atoms with Gasteiger partial charge in [0.05, 0.1) is 13.1 Å². The minimum absolute atomic E-state index is 0.0826. The zero-order valence-electron chi connectivity index (χ0n) is 11.7. The molecule has 106 valence electrons. The molecule has 0 spiro atoms. The number of hydrogen-bond acceptors (Lipinski definition) is 3. The number of piperazine rings is 1. The number of hydrogen-bond donors (Lipinski definition) is 1. The van der Waals surface area contributed by atoms with Crippen molar-refractivity contribution in [3.05, 3.63) is 35.9 Å². The molecule has 1 aliphatic rings. The van der Waals surface area contributed by atoms with E-state index < -0.39 is 0 Å². The quantitative estimate of drug-likeness (QED) is 0.795. The van der Waals surface area contributed by atoms with E-state index in [0.29, 0.717) is 19.6 Å². The summed E-state index contributed by atoms with van der Waals surface area (Å²) in [5, 5.41) is 2.96. The summed E-state index contributed by atoms with van der Waals surface area (Å²) in [5.41, 5.74) is 1.12. The summed E-state index contributed by atoms with van der Waals surface area (Å²) in [4.78, 5) is 16.3. The normalized spacial score (nSPS) is 16.6. The second-order valence-corrected chi connectivity index (χ2v) is 5.02. The first-order valence-electron chi connectivity index (χ1n) is 6.97. The van der Waals surface area contributed by atoms with Gasteiger partial charge in [0.15, 0.2) is 0 Å². The Labute approximate surface area is 120 Å². The fraction of sp³-hybridized carbons (Fsp3) is 0.438. The van der Waals surface area contributed by atoms with Crippen molar-refractivity contribution in [2.45, 2.75) is 6.54 Å². The number of benzene rings is 1. The SMILES string of the molecule is C#CCN1CCN(CC(=O)NCc2ccccc2)CC1. The smallest absolute Gasteiger partial charge is 0.234 e. The predicted molar refractivity (Wildman–Crippen MR) is 80.0 cm³/mol. The van der Waals surface area contributed by atoms with Crippen LogP contribution in [-0.2, 0) is 11.3 Å². The van der Waals surface area contributed by atoms with Crippen LogP contribution in [0.3, 0.4) is 0 Å². The second kappa shape index (κ2) is 7.68. The molecule has 0 saturated carbocycles. The summed E-state index contributed by atoms with van der Waals surface area (Å²) in [6.45, 7) is 5.45. The van der Waals surface area contributed by atoms with Crippen molar-refractivity contribution in [1.29, 1.82) is 0 Å². The lowest BCUT2D eigenvalue weighted by Gasteiger charge is -2.33. The molecule has 1 amide bonds. The van der Waals surface area contributed by atoms with Crippen LogP contribution in [0.5, 0.6) is 0 Å². The van der Waals surface area contributed by atoms with Crippen LogP contribution >= 0.6 is 0 Å². The molecule has 4 nitrogen and oxygen atoms in total. The lowest BCUT2D eigenvalue weighted by molar-refractivity contribution is -0.122. The molecule has 1 N–H and O–H groups in total. The van der Waals surface area contributed by atoms with Crippen LogP contribution in [0.15, 0.2) is 30.3 Å². The third kappa shape index (κ3) is 4.69. The molecule has 0 aliphatic carbocycles. The number of nitrogens with one attached hydrogen (secondary N) is 1. The van der Waals surface area contributed by atoms with E-state index >= 15 is 0 Å². The third-order valence-corrected chi connectivity index (χ3v) is 3.48. The van der Waals surface area contributed by atoms with E-state index in [4.69, 9.17) is 6.42 Å². The van der Waals surface area contributed by atoms with Gasteiger partial charge in [-0.1, -0.05) is 36.3 Å². The zero-order valence-corrected chi connectivity index (χ0v) is 11.7. The van der Waals surface area contributed by atoms with Gasteiger partial charge < -0.3 is 5.32 Å². The van der Waals surface area contributed by atoms with Crippen LogP contribution < -0.4 is 5.32 Å². The topological polar surface area (TPSA) is 35.6 Å². The Bertz CT molecular complexity index is 458. The summed E-state index contributed by atoms with van der Waals surface area (Å²) in [5.74, 6) is 2.74. The first-order chi connectivity index (χ1) is 9.78. The monoisotopic (exact) mass is 271 g/mol. The molecule has 20 heavy (non-hydrogen) atoms. The van der Waals surface area contributed by atoms with Gasteiger partial charge in [0.2, 0.25) is 5.91 Å². The Morgan fingerprint density at radius 2 is 1.80 bits per heavy atom. The Morgan fingerprint density at radius 1 is 1.15 bits per heavy atom. The van der Waals surface area contributed by atoms with E-state index in [1.807, 2.05) is 30.3 Å². The fourth-order valence-electron chi connectivity index (χ4n) is 2.29. The molecule has 1 heterocycles. The van der Waals surface area contributed by atoms with Crippen LogP contribution in [0.4, 0.5) is 0 Å². The van der Waals surface area contributed by atoms with Gasteiger partial charge in [0, 0.05) is 32.7 Å². The van der Waals surface area contributed by atoms with E-state index in [1.54, 1.807) is 0 Å². The fourth-order valence-corrected chi connectivity index (χ4v) is 2.29. The average molecular weight is 271 g/mol. The molecule has 1 fully saturated rings. The van der Waals surface area contributed by atoms with Crippen LogP contribution in [0.2, 0.25) is 0 Å². The van der Waals surface area contributed by atoms with E-state index in [1.165, 1.54) is 0 Å². The van der Waals surface area contributed by atoms with E-state index in [0.717, 1.165) is 31.7 Å². The molecule has 1 aromatic carbocycles. The highest BCUT2D eigenvalue weighted by Crippen LogP contribution is 2.01. The lowest BCUT2D eigenvalue weighted by atomic mass is 10.2. The van der Waals surface area contributed by atoms with E-state index in [9.17, 15) is 4.79 Å². The first kappa shape index (κ1) is 14.6. The molecule has 0 aromatic heterocycles. The van der Waals surface area contributed by atoms with E-state index in [2.05, 4.69) is 21.0 Å². The lowest BCUT2D eigenvalue weighted by Crippen LogP contribution is -2.49. The number of nitrogens with zero attached hydrogens (tertiary/aromatic N) is 2. The number of carbonyl (C=O) groups is 1. The van der Waals surface area contributed by atoms with Crippen molar-refractivity contribution in [1.82, 2.24) is 15.1 Å². The molecule has 1 saturated heterocycles. The molecule has 0 bridgehead atoms. The van der Waals surface area contributed by atoms with Gasteiger partial charge in [-0.05, 0) is 5.56 Å². The molecule has 2 rings (SSSR count). The largest absolute Gasteiger partial charge is 0.351 e. The molecule has 0 atom stereocenters. The Balaban J connectivity index is 1.67. The minimum atomic E-state index is 0.0826. The van der Waals surface area contributed by atoms with Crippen LogP contribution in [0.25, 0.3) is 0 Å². The highest BCUT2D eigenvalue weighted by molar-refractivity contribution is 5.78. The van der Waals surface area contributed by atoms with Crippen LogP contribution in [0, 0.1) is 12.3 Å². The van der Waals surface area contributed by atoms with Crippen molar-refractivity contribution >= 4 is 5.91 Å². The van der Waals surface area contributed by atoms with Gasteiger partial charge in [0.25, 0.3) is 0 Å². The van der Waals surface area contributed by atoms with Gasteiger partial charge in [-0.2, -0.15) is 0 Å². The van der Waals surface area contributed by atoms with Crippen LogP contribution in [0.1, 0.15) is 5.56 Å². The summed E-state index contributed by atoms with van der Waals surface area (Å²) in [6.07, 6.45) is 5.30. The summed E-state index contributed by atoms with van der Waals surface area (Å²) < 4.78 is 0. The maximum absolute atomic E-state index is 11.9. The van der Waals surface area contributed by atoms with Crippen molar-refractivity contribution < 1.29 is 4.79 Å². The maximum Gasteiger partial charge on any atom is 0.234 e. The van der Waals surface area contributed by atoms with Crippen molar-refractivity contribution in [3.8, 4) is 12.3 Å². The molecule has 1 aliphatic heterocycles. The number of terminal acetylenes is 1. The number of amides is 1. The molecule has 1 aromatic rings. The van der Waals surface area contributed by atoms with Gasteiger partial charge in [-0.25, -0.2) is 0 Å². The average Bonchev–Trinajstić information content (AvgIpc) is 2.49. The number of carbonyl (C=O) groups excluding carboxylic acids is 1. The highest BCUT2D eigenvalue weighted by Gasteiger charge is 2.17. The summed E-state index contributed by atoms with van der Waals surface area (Å²) in [7, 11) is 0. The number of rotatable bonds is 5. The molecule has 0 radical (unpaired) electrons. The van der Waals surface area contributed by atoms with Gasteiger partial charge in [0.1, 0.15) is 0 Å². The Kier molecular flexibility index (Phi) is 5.60. The predicted octanol–water partition coefficient (Wildman–Crippen LogP) is 0.554. The molecule has 4 heteroatoms. The highest BCUT2D eigenvalue weighted by atomic mass is 16.2. The Morgan fingerprint density at radius 3 is 2.45 bits per heavy atom. The standard InChI is InChI=1S/C16H21N3O/c1-2-8-18-9-11-19(12-10-18)14-16(20)17-13-15-6-4-3-5-7-15/h1,3-7H,8-14H2,(H,17,20). The minimum Gasteiger partial charge on any atom is -0.351 e. The Hall–Kier alpha value is -1.83. The van der Waals surface area contributed by atoms with Crippen LogP contribution in [-0.4, -0.2) is 55.0 Å².